The van der Waals surface area contributed by atoms with Gasteiger partial charge in [-0.15, -0.1) is 0 Å². The number of fused-ring (bicyclic) bond motifs is 1. The molecule has 16 heavy (non-hydrogen) atoms. The number of hydrogen-bond acceptors (Lipinski definition) is 3. The fraction of sp³-hybridized carbons (Fsp3) is 0.417. The first-order chi connectivity index (χ1) is 7.86. The Balaban J connectivity index is 1.99. The topological polar surface area (TPSA) is 41.6 Å². The molecule has 2 aliphatic rings. The average molecular weight is 218 g/mol. The molecule has 4 nitrogen and oxygen atoms in total. The Kier molecular flexibility index (Phi) is 2.29. The summed E-state index contributed by atoms with van der Waals surface area (Å²) in [5, 5.41) is 3.29. The summed E-state index contributed by atoms with van der Waals surface area (Å²) >= 11 is 0. The van der Waals surface area contributed by atoms with Crippen molar-refractivity contribution in [2.45, 2.75) is 12.5 Å². The predicted molar refractivity (Wildman–Crippen MR) is 60.7 cm³/mol. The van der Waals surface area contributed by atoms with Crippen LogP contribution in [0.2, 0.25) is 0 Å². The van der Waals surface area contributed by atoms with Crippen molar-refractivity contribution in [2.75, 3.05) is 24.6 Å². The van der Waals surface area contributed by atoms with E-state index in [1.54, 1.807) is 0 Å². The monoisotopic (exact) mass is 218 g/mol. The Bertz CT molecular complexity index is 413. The van der Waals surface area contributed by atoms with Crippen LogP contribution >= 0.6 is 0 Å². The number of carbonyl (C=O) groups excluding carboxylic acids is 1. The van der Waals surface area contributed by atoms with Gasteiger partial charge in [-0.3, -0.25) is 4.79 Å². The summed E-state index contributed by atoms with van der Waals surface area (Å²) in [5.74, 6) is 0.876. The molecule has 1 saturated heterocycles. The van der Waals surface area contributed by atoms with Gasteiger partial charge in [0.2, 0.25) is 0 Å². The quantitative estimate of drug-likeness (QED) is 0.757. The van der Waals surface area contributed by atoms with E-state index in [0.717, 1.165) is 30.9 Å². The third-order valence-electron chi connectivity index (χ3n) is 3.14. The van der Waals surface area contributed by atoms with E-state index in [1.807, 2.05) is 29.2 Å². The van der Waals surface area contributed by atoms with Crippen LogP contribution < -0.4 is 15.0 Å². The molecule has 0 bridgehead atoms. The van der Waals surface area contributed by atoms with Gasteiger partial charge in [0, 0.05) is 6.54 Å². The molecular weight excluding hydrogens is 204 g/mol. The molecular formula is C12H14N2O2. The molecule has 0 spiro atoms. The number of carbonyl (C=O) groups is 1. The van der Waals surface area contributed by atoms with E-state index in [0.29, 0.717) is 0 Å². The maximum Gasteiger partial charge on any atom is 0.265 e. The SMILES string of the molecule is O=C1COc2ccccc2N1C1CCNC1. The number of hydrogen-bond donors (Lipinski definition) is 1. The molecule has 1 fully saturated rings. The number of ether oxygens (including phenoxy) is 1. The van der Waals surface area contributed by atoms with Crippen LogP contribution in [-0.2, 0) is 4.79 Å². The van der Waals surface area contributed by atoms with E-state index >= 15 is 0 Å². The van der Waals surface area contributed by atoms with E-state index in [9.17, 15) is 4.79 Å². The van der Waals surface area contributed by atoms with E-state index in [2.05, 4.69) is 5.32 Å². The van der Waals surface area contributed by atoms with Gasteiger partial charge in [-0.2, -0.15) is 0 Å². The highest BCUT2D eigenvalue weighted by Gasteiger charge is 2.32. The molecule has 1 amide bonds. The highest BCUT2D eigenvalue weighted by molar-refractivity contribution is 5.98. The fourth-order valence-corrected chi connectivity index (χ4v) is 2.38. The molecule has 1 N–H and O–H groups in total. The summed E-state index contributed by atoms with van der Waals surface area (Å²) in [6.45, 7) is 2.02. The molecule has 1 aromatic rings. The van der Waals surface area contributed by atoms with Gasteiger partial charge >= 0.3 is 0 Å². The molecule has 3 rings (SSSR count). The molecule has 0 aliphatic carbocycles. The van der Waals surface area contributed by atoms with Gasteiger partial charge in [-0.05, 0) is 25.1 Å². The highest BCUT2D eigenvalue weighted by Crippen LogP contribution is 2.33. The zero-order valence-corrected chi connectivity index (χ0v) is 8.98. The second kappa shape index (κ2) is 3.79. The average Bonchev–Trinajstić information content (AvgIpc) is 2.82. The molecule has 1 aromatic carbocycles. The number of anilines is 1. The normalized spacial score (nSPS) is 24.1. The molecule has 0 radical (unpaired) electrons. The van der Waals surface area contributed by atoms with Crippen molar-refractivity contribution >= 4 is 11.6 Å². The van der Waals surface area contributed by atoms with E-state index in [4.69, 9.17) is 4.74 Å². The zero-order chi connectivity index (χ0) is 11.0. The number of amides is 1. The van der Waals surface area contributed by atoms with Crippen LogP contribution in [0.15, 0.2) is 24.3 Å². The Morgan fingerprint density at radius 2 is 2.25 bits per heavy atom. The first kappa shape index (κ1) is 9.66. The van der Waals surface area contributed by atoms with Crippen molar-refractivity contribution in [1.29, 1.82) is 0 Å². The summed E-state index contributed by atoms with van der Waals surface area (Å²) in [7, 11) is 0. The van der Waals surface area contributed by atoms with Crippen LogP contribution in [0.1, 0.15) is 6.42 Å². The number of nitrogens with zero attached hydrogens (tertiary/aromatic N) is 1. The third-order valence-corrected chi connectivity index (χ3v) is 3.14. The van der Waals surface area contributed by atoms with Crippen LogP contribution in [0.3, 0.4) is 0 Å². The molecule has 84 valence electrons. The van der Waals surface area contributed by atoms with Crippen molar-refractivity contribution in [3.05, 3.63) is 24.3 Å². The van der Waals surface area contributed by atoms with Crippen molar-refractivity contribution in [3.8, 4) is 5.75 Å². The Morgan fingerprint density at radius 3 is 3.06 bits per heavy atom. The number of nitrogens with one attached hydrogen (secondary N) is 1. The zero-order valence-electron chi connectivity index (χ0n) is 8.98. The summed E-state index contributed by atoms with van der Waals surface area (Å²) in [5.41, 5.74) is 0.910. The molecule has 2 aliphatic heterocycles. The lowest BCUT2D eigenvalue weighted by molar-refractivity contribution is -0.121. The largest absolute Gasteiger partial charge is 0.482 e. The standard InChI is InChI=1S/C12H14N2O2/c15-12-8-16-11-4-2-1-3-10(11)14(12)9-5-6-13-7-9/h1-4,9,13H,5-8H2. The lowest BCUT2D eigenvalue weighted by Crippen LogP contribution is -2.46. The predicted octanol–water partition coefficient (Wildman–Crippen LogP) is 0.774. The van der Waals surface area contributed by atoms with Gasteiger partial charge in [0.15, 0.2) is 6.61 Å². The van der Waals surface area contributed by atoms with Gasteiger partial charge in [0.1, 0.15) is 5.75 Å². The lowest BCUT2D eigenvalue weighted by Gasteiger charge is -2.33. The minimum atomic E-state index is 0.0624. The number of benzene rings is 1. The lowest BCUT2D eigenvalue weighted by atomic mass is 10.1. The van der Waals surface area contributed by atoms with Crippen molar-refractivity contribution in [2.24, 2.45) is 0 Å². The molecule has 1 unspecified atom stereocenters. The van der Waals surface area contributed by atoms with Gasteiger partial charge in [0.05, 0.1) is 11.7 Å². The second-order valence-corrected chi connectivity index (χ2v) is 4.17. The minimum Gasteiger partial charge on any atom is -0.482 e. The summed E-state index contributed by atoms with van der Waals surface area (Å²) in [6, 6.07) is 8.01. The molecule has 1 atom stereocenters. The van der Waals surface area contributed by atoms with Crippen LogP contribution in [0, 0.1) is 0 Å². The summed E-state index contributed by atoms with van der Waals surface area (Å²) < 4.78 is 5.41. The number of para-hydroxylation sites is 2. The van der Waals surface area contributed by atoms with Crippen LogP contribution in [0.4, 0.5) is 5.69 Å². The maximum atomic E-state index is 11.9. The first-order valence-corrected chi connectivity index (χ1v) is 5.61. The molecule has 2 heterocycles. The highest BCUT2D eigenvalue weighted by atomic mass is 16.5. The Hall–Kier alpha value is -1.55. The van der Waals surface area contributed by atoms with Gasteiger partial charge in [-0.1, -0.05) is 12.1 Å². The third kappa shape index (κ3) is 1.46. The van der Waals surface area contributed by atoms with Gasteiger partial charge < -0.3 is 15.0 Å². The first-order valence-electron chi connectivity index (χ1n) is 5.61. The molecule has 0 saturated carbocycles. The molecule has 4 heteroatoms. The Morgan fingerprint density at radius 1 is 1.38 bits per heavy atom. The Labute approximate surface area is 94.2 Å². The van der Waals surface area contributed by atoms with Crippen molar-refractivity contribution in [3.63, 3.8) is 0 Å². The smallest absolute Gasteiger partial charge is 0.265 e. The minimum absolute atomic E-state index is 0.0624. The van der Waals surface area contributed by atoms with Gasteiger partial charge in [-0.25, -0.2) is 0 Å². The second-order valence-electron chi connectivity index (χ2n) is 4.17. The number of rotatable bonds is 1. The molecule has 0 aromatic heterocycles. The fourth-order valence-electron chi connectivity index (χ4n) is 2.38. The van der Waals surface area contributed by atoms with Crippen LogP contribution in [0.25, 0.3) is 0 Å². The van der Waals surface area contributed by atoms with Crippen LogP contribution in [-0.4, -0.2) is 31.6 Å². The van der Waals surface area contributed by atoms with E-state index < -0.39 is 0 Å². The van der Waals surface area contributed by atoms with E-state index in [1.165, 1.54) is 0 Å². The van der Waals surface area contributed by atoms with Crippen LogP contribution in [0.5, 0.6) is 5.75 Å². The van der Waals surface area contributed by atoms with E-state index in [-0.39, 0.29) is 18.6 Å². The van der Waals surface area contributed by atoms with Gasteiger partial charge in [0.25, 0.3) is 5.91 Å². The maximum absolute atomic E-state index is 11.9. The summed E-state index contributed by atoms with van der Waals surface area (Å²) in [6.07, 6.45) is 1.01. The van der Waals surface area contributed by atoms with Crippen molar-refractivity contribution in [1.82, 2.24) is 5.32 Å². The van der Waals surface area contributed by atoms with Crippen molar-refractivity contribution < 1.29 is 9.53 Å². The summed E-state index contributed by atoms with van der Waals surface area (Å²) in [4.78, 5) is 13.8.